The lowest BCUT2D eigenvalue weighted by molar-refractivity contribution is -0.148. The van der Waals surface area contributed by atoms with Gasteiger partial charge in [-0.3, -0.25) is 14.5 Å². The van der Waals surface area contributed by atoms with Crippen LogP contribution >= 0.6 is 0 Å². The first-order valence-corrected chi connectivity index (χ1v) is 13.6. The minimum Gasteiger partial charge on any atom is -0.467 e. The van der Waals surface area contributed by atoms with Crippen molar-refractivity contribution in [3.8, 4) is 0 Å². The minimum atomic E-state index is -1.18. The van der Waals surface area contributed by atoms with Gasteiger partial charge in [0.05, 0.1) is 26.2 Å². The molecule has 3 N–H and O–H groups in total. The third kappa shape index (κ3) is 5.36. The van der Waals surface area contributed by atoms with E-state index in [0.717, 1.165) is 25.7 Å². The Morgan fingerprint density at radius 2 is 2.00 bits per heavy atom. The Bertz CT molecular complexity index is 1190. The molecule has 2 fully saturated rings. The van der Waals surface area contributed by atoms with E-state index in [9.17, 15) is 23.6 Å². The van der Waals surface area contributed by atoms with E-state index < -0.39 is 47.6 Å². The van der Waals surface area contributed by atoms with E-state index in [1.807, 2.05) is 12.2 Å². The normalized spacial score (nSPS) is 31.7. The van der Waals surface area contributed by atoms with Crippen molar-refractivity contribution in [2.45, 2.75) is 81.8 Å². The van der Waals surface area contributed by atoms with E-state index in [4.69, 9.17) is 15.2 Å². The highest BCUT2D eigenvalue weighted by atomic mass is 19.1. The Morgan fingerprint density at radius 1 is 1.18 bits per heavy atom. The predicted molar refractivity (Wildman–Crippen MR) is 137 cm³/mol. The molecule has 4 aliphatic rings. The first-order chi connectivity index (χ1) is 18.7. The molecule has 5 rings (SSSR count). The second-order valence-electron chi connectivity index (χ2n) is 10.9. The van der Waals surface area contributed by atoms with Crippen molar-refractivity contribution >= 4 is 23.9 Å². The van der Waals surface area contributed by atoms with E-state index in [-0.39, 0.29) is 37.8 Å². The number of hydrogen-bond acceptors (Lipinski definition) is 7. The zero-order chi connectivity index (χ0) is 27.7. The summed E-state index contributed by atoms with van der Waals surface area (Å²) in [5, 5.41) is 2.85. The van der Waals surface area contributed by atoms with E-state index >= 15 is 0 Å². The standard InChI is InChI=1S/C28H35FN4O6/c1-38-26(36)28-13-18(28)9-5-3-2-4-6-11-22(30)25(35)33-15-19(12-23(33)24(34)31-28)39-27(37)32-14-17-8-7-10-21(29)20(17)16-32/h5,7-10,18-19,22-23H,2-4,6,11-16,30H2,1H3,(H,31,34)/b9-5-/t18-,19-,22+,23+,28-/m1/s1. The summed E-state index contributed by atoms with van der Waals surface area (Å²) >= 11 is 0. The van der Waals surface area contributed by atoms with E-state index in [2.05, 4.69) is 5.32 Å². The number of hydrogen-bond donors (Lipinski definition) is 2. The van der Waals surface area contributed by atoms with Crippen molar-refractivity contribution in [1.82, 2.24) is 15.1 Å². The molecular formula is C28H35FN4O6. The molecule has 0 unspecified atom stereocenters. The first-order valence-electron chi connectivity index (χ1n) is 13.6. The summed E-state index contributed by atoms with van der Waals surface area (Å²) in [4.78, 5) is 55.3. The molecule has 0 radical (unpaired) electrons. The zero-order valence-electron chi connectivity index (χ0n) is 22.1. The summed E-state index contributed by atoms with van der Waals surface area (Å²) in [5.74, 6) is -2.01. The minimum absolute atomic E-state index is 0.0000646. The number of nitrogens with two attached hydrogens (primary N) is 1. The number of esters is 1. The lowest BCUT2D eigenvalue weighted by Crippen LogP contribution is -2.55. The van der Waals surface area contributed by atoms with Gasteiger partial charge < -0.3 is 25.4 Å². The predicted octanol–water partition coefficient (Wildman–Crippen LogP) is 2.14. The van der Waals surface area contributed by atoms with Crippen molar-refractivity contribution < 1.29 is 33.0 Å². The van der Waals surface area contributed by atoms with Crippen LogP contribution in [0.5, 0.6) is 0 Å². The summed E-state index contributed by atoms with van der Waals surface area (Å²) < 4.78 is 24.9. The number of carbonyl (C=O) groups is 4. The monoisotopic (exact) mass is 542 g/mol. The van der Waals surface area contributed by atoms with Gasteiger partial charge in [0.1, 0.15) is 23.5 Å². The Kier molecular flexibility index (Phi) is 7.61. The molecule has 1 aromatic carbocycles. The van der Waals surface area contributed by atoms with Crippen LogP contribution in [0.3, 0.4) is 0 Å². The molecule has 0 spiro atoms. The van der Waals surface area contributed by atoms with Crippen LogP contribution in [0.15, 0.2) is 30.4 Å². The second kappa shape index (κ2) is 11.0. The van der Waals surface area contributed by atoms with Crippen molar-refractivity contribution in [2.24, 2.45) is 11.7 Å². The average molecular weight is 543 g/mol. The Morgan fingerprint density at radius 3 is 2.77 bits per heavy atom. The highest BCUT2D eigenvalue weighted by Gasteiger charge is 2.62. The Labute approximate surface area is 226 Å². The fraction of sp³-hybridized carbons (Fsp3) is 0.571. The fourth-order valence-corrected chi connectivity index (χ4v) is 5.94. The molecule has 1 aliphatic carbocycles. The molecule has 3 amide bonds. The molecule has 210 valence electrons. The quantitative estimate of drug-likeness (QED) is 0.432. The number of halogens is 1. The fourth-order valence-electron chi connectivity index (χ4n) is 5.94. The number of allylic oxidation sites excluding steroid dienone is 1. The van der Waals surface area contributed by atoms with Crippen molar-refractivity contribution in [2.75, 3.05) is 13.7 Å². The van der Waals surface area contributed by atoms with Crippen LogP contribution in [0.25, 0.3) is 0 Å². The largest absolute Gasteiger partial charge is 0.467 e. The lowest BCUT2D eigenvalue weighted by Gasteiger charge is -2.28. The zero-order valence-corrected chi connectivity index (χ0v) is 22.1. The summed E-state index contributed by atoms with van der Waals surface area (Å²) in [6.07, 6.45) is 6.93. The summed E-state index contributed by atoms with van der Waals surface area (Å²) in [6.45, 7) is 0.300. The number of carbonyl (C=O) groups excluding carboxylic acids is 4. The molecule has 1 saturated heterocycles. The van der Waals surface area contributed by atoms with Crippen molar-refractivity contribution in [3.63, 3.8) is 0 Å². The van der Waals surface area contributed by atoms with Gasteiger partial charge in [-0.15, -0.1) is 0 Å². The summed E-state index contributed by atoms with van der Waals surface area (Å²) in [5.41, 5.74) is 6.23. The number of methoxy groups -OCH3 is 1. The number of ether oxygens (including phenoxy) is 2. The van der Waals surface area contributed by atoms with Gasteiger partial charge in [0.25, 0.3) is 0 Å². The van der Waals surface area contributed by atoms with Crippen LogP contribution < -0.4 is 11.1 Å². The van der Waals surface area contributed by atoms with Crippen molar-refractivity contribution in [1.29, 1.82) is 0 Å². The van der Waals surface area contributed by atoms with Gasteiger partial charge in [0.15, 0.2) is 0 Å². The van der Waals surface area contributed by atoms with E-state index in [1.54, 1.807) is 12.1 Å². The second-order valence-corrected chi connectivity index (χ2v) is 10.9. The topological polar surface area (TPSA) is 131 Å². The highest BCUT2D eigenvalue weighted by Crippen LogP contribution is 2.46. The van der Waals surface area contributed by atoms with Crippen LogP contribution in [0.4, 0.5) is 9.18 Å². The molecule has 11 heteroatoms. The molecule has 0 aromatic heterocycles. The summed E-state index contributed by atoms with van der Waals surface area (Å²) in [7, 11) is 1.28. The van der Waals surface area contributed by atoms with Gasteiger partial charge in [-0.05, 0) is 37.3 Å². The molecule has 3 heterocycles. The van der Waals surface area contributed by atoms with Gasteiger partial charge in [0, 0.05) is 24.4 Å². The Hall–Kier alpha value is -3.47. The smallest absolute Gasteiger partial charge is 0.410 e. The molecule has 39 heavy (non-hydrogen) atoms. The maximum atomic E-state index is 14.2. The lowest BCUT2D eigenvalue weighted by atomic mass is 10.1. The van der Waals surface area contributed by atoms with Crippen LogP contribution in [-0.4, -0.2) is 71.1 Å². The van der Waals surface area contributed by atoms with Gasteiger partial charge >= 0.3 is 12.1 Å². The molecule has 10 nitrogen and oxygen atoms in total. The maximum absolute atomic E-state index is 14.2. The van der Waals surface area contributed by atoms with Crippen LogP contribution in [0.2, 0.25) is 0 Å². The molecule has 1 saturated carbocycles. The molecule has 3 aliphatic heterocycles. The van der Waals surface area contributed by atoms with E-state index in [1.165, 1.54) is 23.0 Å². The number of nitrogens with one attached hydrogen (secondary N) is 1. The Balaban J connectivity index is 1.32. The highest BCUT2D eigenvalue weighted by molar-refractivity contribution is 5.96. The molecule has 0 bridgehead atoms. The molecular weight excluding hydrogens is 507 g/mol. The van der Waals surface area contributed by atoms with Crippen molar-refractivity contribution in [3.05, 3.63) is 47.3 Å². The summed E-state index contributed by atoms with van der Waals surface area (Å²) in [6, 6.07) is 2.95. The average Bonchev–Trinajstić information content (AvgIpc) is 3.24. The van der Waals surface area contributed by atoms with E-state index in [0.29, 0.717) is 24.0 Å². The number of benzene rings is 1. The van der Waals surface area contributed by atoms with Gasteiger partial charge in [-0.1, -0.05) is 37.1 Å². The van der Waals surface area contributed by atoms with Gasteiger partial charge in [0.2, 0.25) is 11.8 Å². The number of fused-ring (bicyclic) bond motifs is 3. The first kappa shape index (κ1) is 27.1. The number of amides is 3. The third-order valence-electron chi connectivity index (χ3n) is 8.28. The number of nitrogens with zero attached hydrogens (tertiary/aromatic N) is 2. The number of rotatable bonds is 2. The van der Waals surface area contributed by atoms with Crippen LogP contribution in [-0.2, 0) is 36.9 Å². The van der Waals surface area contributed by atoms with Crippen LogP contribution in [0, 0.1) is 11.7 Å². The molecule has 1 aromatic rings. The maximum Gasteiger partial charge on any atom is 0.410 e. The van der Waals surface area contributed by atoms with Gasteiger partial charge in [-0.25, -0.2) is 14.0 Å². The molecule has 5 atom stereocenters. The van der Waals surface area contributed by atoms with Gasteiger partial charge in [-0.2, -0.15) is 0 Å². The SMILES string of the molecule is COC(=O)[C@@]12C[C@H]1/C=C\CCCCC[C@H](N)C(=O)N1C[C@H](OC(=O)N3Cc4cccc(F)c4C3)C[C@H]1C(=O)N2. The third-order valence-corrected chi connectivity index (χ3v) is 8.28. The van der Waals surface area contributed by atoms with Crippen LogP contribution in [0.1, 0.15) is 56.1 Å².